The fourth-order valence-corrected chi connectivity index (χ4v) is 2.56. The Morgan fingerprint density at radius 2 is 2.12 bits per heavy atom. The van der Waals surface area contributed by atoms with Gasteiger partial charge in [0.2, 0.25) is 0 Å². The SMILES string of the molecule is CCOc1ccc(C2(C(C)N)CC2)c(C)c1. The summed E-state index contributed by atoms with van der Waals surface area (Å²) >= 11 is 0. The Morgan fingerprint density at radius 1 is 1.44 bits per heavy atom. The maximum absolute atomic E-state index is 6.10. The first-order valence-electron chi connectivity index (χ1n) is 6.09. The second-order valence-corrected chi connectivity index (χ2v) is 4.85. The number of aryl methyl sites for hydroxylation is 1. The van der Waals surface area contributed by atoms with Gasteiger partial charge in [-0.3, -0.25) is 0 Å². The molecular formula is C14H21NO. The maximum atomic E-state index is 6.10. The average molecular weight is 219 g/mol. The second kappa shape index (κ2) is 4.10. The summed E-state index contributed by atoms with van der Waals surface area (Å²) in [4.78, 5) is 0. The van der Waals surface area contributed by atoms with Crippen molar-refractivity contribution in [1.82, 2.24) is 0 Å². The molecule has 0 saturated heterocycles. The fraction of sp³-hybridized carbons (Fsp3) is 0.571. The van der Waals surface area contributed by atoms with Gasteiger partial charge in [0.15, 0.2) is 0 Å². The Bertz CT molecular complexity index is 380. The molecule has 1 aromatic rings. The molecule has 1 aliphatic carbocycles. The van der Waals surface area contributed by atoms with E-state index in [4.69, 9.17) is 10.5 Å². The van der Waals surface area contributed by atoms with Gasteiger partial charge in [0, 0.05) is 11.5 Å². The highest BCUT2D eigenvalue weighted by Gasteiger charge is 2.48. The summed E-state index contributed by atoms with van der Waals surface area (Å²) in [6.07, 6.45) is 2.44. The molecule has 0 aromatic heterocycles. The third-order valence-corrected chi connectivity index (χ3v) is 3.71. The van der Waals surface area contributed by atoms with Gasteiger partial charge in [0.05, 0.1) is 6.61 Å². The van der Waals surface area contributed by atoms with Crippen molar-refractivity contribution >= 4 is 0 Å². The lowest BCUT2D eigenvalue weighted by Gasteiger charge is -2.22. The standard InChI is InChI=1S/C14H21NO/c1-4-16-12-5-6-13(10(2)9-12)14(7-8-14)11(3)15/h5-6,9,11H,4,7-8,15H2,1-3H3. The van der Waals surface area contributed by atoms with Gasteiger partial charge in [-0.25, -0.2) is 0 Å². The molecule has 0 heterocycles. The van der Waals surface area contributed by atoms with Crippen LogP contribution in [0.2, 0.25) is 0 Å². The first-order valence-corrected chi connectivity index (χ1v) is 6.09. The molecule has 0 radical (unpaired) electrons. The van der Waals surface area contributed by atoms with Crippen molar-refractivity contribution in [2.75, 3.05) is 6.61 Å². The van der Waals surface area contributed by atoms with Crippen LogP contribution in [0.25, 0.3) is 0 Å². The molecule has 2 nitrogen and oxygen atoms in total. The minimum absolute atomic E-state index is 0.240. The summed E-state index contributed by atoms with van der Waals surface area (Å²) in [6.45, 7) is 6.99. The van der Waals surface area contributed by atoms with E-state index in [1.165, 1.54) is 24.0 Å². The number of nitrogens with two attached hydrogens (primary N) is 1. The van der Waals surface area contributed by atoms with Crippen LogP contribution in [0.5, 0.6) is 5.75 Å². The first kappa shape index (κ1) is 11.5. The summed E-state index contributed by atoms with van der Waals surface area (Å²) in [5, 5.41) is 0. The number of benzene rings is 1. The van der Waals surface area contributed by atoms with Gasteiger partial charge in [-0.1, -0.05) is 6.07 Å². The second-order valence-electron chi connectivity index (χ2n) is 4.85. The van der Waals surface area contributed by atoms with Crippen LogP contribution in [-0.2, 0) is 5.41 Å². The summed E-state index contributed by atoms with van der Waals surface area (Å²) in [5.74, 6) is 0.962. The van der Waals surface area contributed by atoms with Crippen LogP contribution in [0, 0.1) is 6.92 Å². The average Bonchev–Trinajstić information content (AvgIpc) is 2.99. The lowest BCUT2D eigenvalue weighted by molar-refractivity contribution is 0.339. The first-order chi connectivity index (χ1) is 7.60. The van der Waals surface area contributed by atoms with E-state index in [0.717, 1.165) is 12.4 Å². The third-order valence-electron chi connectivity index (χ3n) is 3.71. The topological polar surface area (TPSA) is 35.2 Å². The molecule has 1 unspecified atom stereocenters. The van der Waals surface area contributed by atoms with Gasteiger partial charge in [-0.15, -0.1) is 0 Å². The lowest BCUT2D eigenvalue weighted by atomic mass is 9.86. The Balaban J connectivity index is 2.30. The van der Waals surface area contributed by atoms with E-state index in [-0.39, 0.29) is 11.5 Å². The molecule has 2 rings (SSSR count). The smallest absolute Gasteiger partial charge is 0.119 e. The zero-order chi connectivity index (χ0) is 11.8. The molecule has 1 atom stereocenters. The van der Waals surface area contributed by atoms with E-state index in [9.17, 15) is 0 Å². The monoisotopic (exact) mass is 219 g/mol. The minimum atomic E-state index is 0.240. The zero-order valence-electron chi connectivity index (χ0n) is 10.4. The molecule has 0 aliphatic heterocycles. The van der Waals surface area contributed by atoms with E-state index in [0.29, 0.717) is 0 Å². The molecule has 2 N–H and O–H groups in total. The van der Waals surface area contributed by atoms with E-state index in [1.807, 2.05) is 6.92 Å². The molecular weight excluding hydrogens is 198 g/mol. The van der Waals surface area contributed by atoms with Crippen molar-refractivity contribution in [3.8, 4) is 5.75 Å². The van der Waals surface area contributed by atoms with E-state index in [2.05, 4.69) is 32.0 Å². The van der Waals surface area contributed by atoms with Gasteiger partial charge in [0.25, 0.3) is 0 Å². The Hall–Kier alpha value is -1.02. The highest BCUT2D eigenvalue weighted by molar-refractivity contribution is 5.43. The lowest BCUT2D eigenvalue weighted by Crippen LogP contribution is -2.32. The highest BCUT2D eigenvalue weighted by atomic mass is 16.5. The van der Waals surface area contributed by atoms with Crippen LogP contribution in [-0.4, -0.2) is 12.6 Å². The quantitative estimate of drug-likeness (QED) is 0.845. The van der Waals surface area contributed by atoms with Crippen molar-refractivity contribution in [1.29, 1.82) is 0 Å². The highest BCUT2D eigenvalue weighted by Crippen LogP contribution is 2.51. The van der Waals surface area contributed by atoms with Crippen LogP contribution in [0.3, 0.4) is 0 Å². The fourth-order valence-electron chi connectivity index (χ4n) is 2.56. The van der Waals surface area contributed by atoms with E-state index in [1.54, 1.807) is 0 Å². The molecule has 16 heavy (non-hydrogen) atoms. The summed E-state index contributed by atoms with van der Waals surface area (Å²) in [6, 6.07) is 6.62. The molecule has 1 aromatic carbocycles. The van der Waals surface area contributed by atoms with Crippen LogP contribution >= 0.6 is 0 Å². The summed E-state index contributed by atoms with van der Waals surface area (Å²) in [7, 11) is 0. The van der Waals surface area contributed by atoms with Crippen molar-refractivity contribution in [2.24, 2.45) is 5.73 Å². The number of ether oxygens (including phenoxy) is 1. The maximum Gasteiger partial charge on any atom is 0.119 e. The van der Waals surface area contributed by atoms with Gasteiger partial charge >= 0.3 is 0 Å². The van der Waals surface area contributed by atoms with Gasteiger partial charge in [-0.2, -0.15) is 0 Å². The van der Waals surface area contributed by atoms with Gasteiger partial charge in [0.1, 0.15) is 5.75 Å². The largest absolute Gasteiger partial charge is 0.494 e. The van der Waals surface area contributed by atoms with Crippen LogP contribution in [0.15, 0.2) is 18.2 Å². The van der Waals surface area contributed by atoms with E-state index >= 15 is 0 Å². The van der Waals surface area contributed by atoms with Crippen molar-refractivity contribution in [2.45, 2.75) is 45.1 Å². The molecule has 1 aliphatic rings. The van der Waals surface area contributed by atoms with Crippen LogP contribution in [0.1, 0.15) is 37.8 Å². The summed E-state index contributed by atoms with van der Waals surface area (Å²) in [5.41, 5.74) is 9.06. The Morgan fingerprint density at radius 3 is 2.56 bits per heavy atom. The Labute approximate surface area is 97.8 Å². The predicted octanol–water partition coefficient (Wildman–Crippen LogP) is 2.77. The molecule has 1 fully saturated rings. The van der Waals surface area contributed by atoms with Crippen molar-refractivity contribution in [3.05, 3.63) is 29.3 Å². The number of hydrogen-bond donors (Lipinski definition) is 1. The molecule has 0 amide bonds. The molecule has 1 saturated carbocycles. The van der Waals surface area contributed by atoms with Gasteiger partial charge < -0.3 is 10.5 Å². The molecule has 2 heteroatoms. The van der Waals surface area contributed by atoms with Gasteiger partial charge in [-0.05, 0) is 56.9 Å². The number of rotatable bonds is 4. The summed E-state index contributed by atoms with van der Waals surface area (Å²) < 4.78 is 5.50. The molecule has 0 spiro atoms. The normalized spacial score (nSPS) is 19.2. The Kier molecular flexibility index (Phi) is 2.94. The van der Waals surface area contributed by atoms with Crippen LogP contribution in [0.4, 0.5) is 0 Å². The van der Waals surface area contributed by atoms with Crippen molar-refractivity contribution < 1.29 is 4.74 Å². The zero-order valence-corrected chi connectivity index (χ0v) is 10.4. The third kappa shape index (κ3) is 1.82. The predicted molar refractivity (Wildman–Crippen MR) is 66.9 cm³/mol. The van der Waals surface area contributed by atoms with Crippen LogP contribution < -0.4 is 10.5 Å². The molecule has 0 bridgehead atoms. The minimum Gasteiger partial charge on any atom is -0.494 e. The van der Waals surface area contributed by atoms with E-state index < -0.39 is 0 Å². The number of hydrogen-bond acceptors (Lipinski definition) is 2. The van der Waals surface area contributed by atoms with Crippen molar-refractivity contribution in [3.63, 3.8) is 0 Å². The molecule has 88 valence electrons.